The molecular formula is C17H22F3N3OS. The van der Waals surface area contributed by atoms with Crippen molar-refractivity contribution < 1.29 is 18.0 Å². The first-order valence-corrected chi connectivity index (χ1v) is 8.87. The maximum Gasteiger partial charge on any atom is 0.417 e. The van der Waals surface area contributed by atoms with Crippen LogP contribution in [-0.4, -0.2) is 34.6 Å². The number of thioether (sulfide) groups is 1. The van der Waals surface area contributed by atoms with Gasteiger partial charge in [0.25, 0.3) is 0 Å². The average Bonchev–Trinajstić information content (AvgIpc) is 2.51. The van der Waals surface area contributed by atoms with E-state index in [1.54, 1.807) is 31.7 Å². The van der Waals surface area contributed by atoms with Crippen LogP contribution in [0.3, 0.4) is 0 Å². The molecule has 8 heteroatoms. The van der Waals surface area contributed by atoms with Crippen molar-refractivity contribution in [1.29, 1.82) is 5.26 Å². The van der Waals surface area contributed by atoms with E-state index in [0.29, 0.717) is 13.1 Å². The summed E-state index contributed by atoms with van der Waals surface area (Å²) in [6, 6.07) is 2.53. The van der Waals surface area contributed by atoms with Crippen LogP contribution in [0.1, 0.15) is 51.4 Å². The van der Waals surface area contributed by atoms with E-state index in [1.165, 1.54) is 0 Å². The third-order valence-corrected chi connectivity index (χ3v) is 4.58. The van der Waals surface area contributed by atoms with Gasteiger partial charge in [-0.3, -0.25) is 4.79 Å². The number of carbonyl (C=O) groups is 1. The Hall–Kier alpha value is -1.75. The largest absolute Gasteiger partial charge is 0.417 e. The van der Waals surface area contributed by atoms with Crippen LogP contribution in [0.4, 0.5) is 13.2 Å². The zero-order chi connectivity index (χ0) is 19.4. The Morgan fingerprint density at radius 2 is 1.84 bits per heavy atom. The molecule has 0 spiro atoms. The molecule has 0 atom stereocenters. The molecule has 0 radical (unpaired) electrons. The number of hydrogen-bond acceptors (Lipinski definition) is 4. The van der Waals surface area contributed by atoms with Gasteiger partial charge in [0.1, 0.15) is 11.1 Å². The highest BCUT2D eigenvalue weighted by molar-refractivity contribution is 8.00. The van der Waals surface area contributed by atoms with Gasteiger partial charge < -0.3 is 4.90 Å². The molecule has 0 aromatic carbocycles. The predicted molar refractivity (Wildman–Crippen MR) is 91.3 cm³/mol. The fourth-order valence-electron chi connectivity index (χ4n) is 2.14. The number of rotatable bonds is 5. The molecule has 0 aliphatic heterocycles. The van der Waals surface area contributed by atoms with Crippen LogP contribution >= 0.6 is 11.8 Å². The Morgan fingerprint density at radius 1 is 1.28 bits per heavy atom. The van der Waals surface area contributed by atoms with Gasteiger partial charge in [-0.05, 0) is 19.9 Å². The van der Waals surface area contributed by atoms with Gasteiger partial charge in [0.05, 0.1) is 16.9 Å². The highest BCUT2D eigenvalue weighted by Crippen LogP contribution is 2.38. The number of halogens is 3. The van der Waals surface area contributed by atoms with Gasteiger partial charge in [-0.25, -0.2) is 4.98 Å². The summed E-state index contributed by atoms with van der Waals surface area (Å²) >= 11 is 0.875. The monoisotopic (exact) mass is 373 g/mol. The zero-order valence-electron chi connectivity index (χ0n) is 15.0. The minimum Gasteiger partial charge on any atom is -0.343 e. The van der Waals surface area contributed by atoms with E-state index in [4.69, 9.17) is 0 Å². The molecule has 0 fully saturated rings. The molecule has 4 nitrogen and oxygen atoms in total. The standard InChI is InChI=1S/C17H22F3N3OS/c1-6-23(7-2)14(24)10-25-15-11(9-21)12(17(18,19)20)8-13(22-15)16(3,4)5/h8H,6-7,10H2,1-5H3. The molecule has 0 saturated carbocycles. The minimum atomic E-state index is -4.66. The van der Waals surface area contributed by atoms with Gasteiger partial charge in [0.15, 0.2) is 0 Å². The summed E-state index contributed by atoms with van der Waals surface area (Å²) in [6.07, 6.45) is -4.66. The van der Waals surface area contributed by atoms with E-state index in [1.807, 2.05) is 13.8 Å². The molecule has 138 valence electrons. The third-order valence-electron chi connectivity index (χ3n) is 3.62. The van der Waals surface area contributed by atoms with E-state index >= 15 is 0 Å². The van der Waals surface area contributed by atoms with Crippen molar-refractivity contribution in [2.45, 2.75) is 51.2 Å². The maximum atomic E-state index is 13.4. The quantitative estimate of drug-likeness (QED) is 0.725. The van der Waals surface area contributed by atoms with Crippen molar-refractivity contribution in [2.75, 3.05) is 18.8 Å². The van der Waals surface area contributed by atoms with E-state index in [-0.39, 0.29) is 22.4 Å². The average molecular weight is 373 g/mol. The normalized spacial score (nSPS) is 12.0. The summed E-state index contributed by atoms with van der Waals surface area (Å²) < 4.78 is 40.1. The van der Waals surface area contributed by atoms with Gasteiger partial charge in [-0.2, -0.15) is 18.4 Å². The number of pyridine rings is 1. The second kappa shape index (κ2) is 8.09. The number of nitrogens with zero attached hydrogens (tertiary/aromatic N) is 3. The molecule has 0 saturated heterocycles. The SMILES string of the molecule is CCN(CC)C(=O)CSc1nc(C(C)(C)C)cc(C(F)(F)F)c1C#N. The highest BCUT2D eigenvalue weighted by atomic mass is 32.2. The number of alkyl halides is 3. The Kier molecular flexibility index (Phi) is 6.89. The molecule has 1 aromatic rings. The predicted octanol–water partition coefficient (Wildman–Crippen LogP) is 4.23. The third kappa shape index (κ3) is 5.36. The lowest BCUT2D eigenvalue weighted by Crippen LogP contribution is -2.32. The van der Waals surface area contributed by atoms with Crippen molar-refractivity contribution in [3.8, 4) is 6.07 Å². The topological polar surface area (TPSA) is 57.0 Å². The summed E-state index contributed by atoms with van der Waals surface area (Å²) in [5, 5.41) is 9.17. The Labute approximate surface area is 150 Å². The minimum absolute atomic E-state index is 0.0530. The molecule has 0 aliphatic rings. The molecule has 1 amide bonds. The van der Waals surface area contributed by atoms with Crippen LogP contribution in [0.2, 0.25) is 0 Å². The van der Waals surface area contributed by atoms with Crippen LogP contribution < -0.4 is 0 Å². The first-order valence-electron chi connectivity index (χ1n) is 7.89. The van der Waals surface area contributed by atoms with Gasteiger partial charge in [0.2, 0.25) is 5.91 Å². The molecule has 0 aliphatic carbocycles. The summed E-state index contributed by atoms with van der Waals surface area (Å²) in [6.45, 7) is 9.93. The molecule has 1 aromatic heterocycles. The van der Waals surface area contributed by atoms with Crippen LogP contribution in [0, 0.1) is 11.3 Å². The van der Waals surface area contributed by atoms with E-state index in [0.717, 1.165) is 17.8 Å². The fourth-order valence-corrected chi connectivity index (χ4v) is 3.05. The number of carbonyl (C=O) groups excluding carboxylic acids is 1. The van der Waals surface area contributed by atoms with Crippen LogP contribution in [-0.2, 0) is 16.4 Å². The number of amides is 1. The first-order chi connectivity index (χ1) is 11.5. The summed E-state index contributed by atoms with van der Waals surface area (Å²) in [5.74, 6) is -0.260. The molecule has 1 heterocycles. The Balaban J connectivity index is 3.34. The van der Waals surface area contributed by atoms with Crippen molar-refractivity contribution in [2.24, 2.45) is 0 Å². The maximum absolute atomic E-state index is 13.4. The summed E-state index contributed by atoms with van der Waals surface area (Å²) in [5.41, 5.74) is -1.92. The molecule has 0 N–H and O–H groups in total. The molecular weight excluding hydrogens is 351 g/mol. The second-order valence-electron chi connectivity index (χ2n) is 6.45. The van der Waals surface area contributed by atoms with Crippen LogP contribution in [0.25, 0.3) is 0 Å². The van der Waals surface area contributed by atoms with E-state index < -0.39 is 22.7 Å². The second-order valence-corrected chi connectivity index (χ2v) is 7.41. The van der Waals surface area contributed by atoms with Crippen molar-refractivity contribution in [3.05, 3.63) is 22.9 Å². The lowest BCUT2D eigenvalue weighted by atomic mass is 9.90. The lowest BCUT2D eigenvalue weighted by Gasteiger charge is -2.22. The molecule has 25 heavy (non-hydrogen) atoms. The summed E-state index contributed by atoms with van der Waals surface area (Å²) in [7, 11) is 0. The zero-order valence-corrected chi connectivity index (χ0v) is 15.8. The molecule has 0 bridgehead atoms. The van der Waals surface area contributed by atoms with E-state index in [9.17, 15) is 23.2 Å². The Bertz CT molecular complexity index is 671. The van der Waals surface area contributed by atoms with Crippen molar-refractivity contribution >= 4 is 17.7 Å². The number of hydrogen-bond donors (Lipinski definition) is 0. The lowest BCUT2D eigenvalue weighted by molar-refractivity contribution is -0.138. The number of nitriles is 1. The summed E-state index contributed by atoms with van der Waals surface area (Å²) in [4.78, 5) is 17.9. The van der Waals surface area contributed by atoms with Gasteiger partial charge in [-0.1, -0.05) is 32.5 Å². The van der Waals surface area contributed by atoms with Gasteiger partial charge >= 0.3 is 6.18 Å². The first kappa shape index (κ1) is 21.3. The van der Waals surface area contributed by atoms with Crippen LogP contribution in [0.5, 0.6) is 0 Å². The molecule has 0 unspecified atom stereocenters. The Morgan fingerprint density at radius 3 is 2.24 bits per heavy atom. The van der Waals surface area contributed by atoms with E-state index in [2.05, 4.69) is 4.98 Å². The van der Waals surface area contributed by atoms with Crippen molar-refractivity contribution in [1.82, 2.24) is 9.88 Å². The molecule has 1 rings (SSSR count). The smallest absolute Gasteiger partial charge is 0.343 e. The van der Waals surface area contributed by atoms with Crippen molar-refractivity contribution in [3.63, 3.8) is 0 Å². The van der Waals surface area contributed by atoms with Gasteiger partial charge in [-0.15, -0.1) is 0 Å². The van der Waals surface area contributed by atoms with Gasteiger partial charge in [0, 0.05) is 24.2 Å². The number of aromatic nitrogens is 1. The van der Waals surface area contributed by atoms with Crippen LogP contribution in [0.15, 0.2) is 11.1 Å². The highest BCUT2D eigenvalue weighted by Gasteiger charge is 2.37. The fraction of sp³-hybridized carbons (Fsp3) is 0.588.